The van der Waals surface area contributed by atoms with Gasteiger partial charge in [0, 0.05) is 20.8 Å². The third-order valence-electron chi connectivity index (χ3n) is 1.82. The molecular formula is C8H6ClNO2S2. The van der Waals surface area contributed by atoms with Gasteiger partial charge < -0.3 is 5.73 Å². The zero-order chi connectivity index (χ0) is 10.3. The fourth-order valence-corrected chi connectivity index (χ4v) is 3.65. The Bertz CT molecular complexity index is 588. The van der Waals surface area contributed by atoms with E-state index in [0.717, 1.165) is 21.4 Å². The molecule has 0 saturated heterocycles. The molecule has 1 aromatic heterocycles. The van der Waals surface area contributed by atoms with Gasteiger partial charge >= 0.3 is 0 Å². The van der Waals surface area contributed by atoms with E-state index >= 15 is 0 Å². The molecule has 6 heteroatoms. The predicted molar refractivity (Wildman–Crippen MR) is 59.3 cm³/mol. The van der Waals surface area contributed by atoms with Crippen LogP contribution >= 0.6 is 22.0 Å². The van der Waals surface area contributed by atoms with Gasteiger partial charge in [-0.1, -0.05) is 18.2 Å². The molecule has 2 aromatic rings. The van der Waals surface area contributed by atoms with Crippen molar-refractivity contribution in [2.24, 2.45) is 0 Å². The van der Waals surface area contributed by atoms with Crippen molar-refractivity contribution >= 4 is 46.8 Å². The summed E-state index contributed by atoms with van der Waals surface area (Å²) in [4.78, 5) is 0. The van der Waals surface area contributed by atoms with Crippen molar-refractivity contribution in [3.8, 4) is 0 Å². The first kappa shape index (κ1) is 9.76. The Kier molecular flexibility index (Phi) is 2.17. The molecule has 0 fully saturated rings. The molecule has 14 heavy (non-hydrogen) atoms. The van der Waals surface area contributed by atoms with E-state index < -0.39 is 9.05 Å². The Labute approximate surface area is 89.5 Å². The van der Waals surface area contributed by atoms with Crippen LogP contribution in [0.4, 0.5) is 5.69 Å². The molecule has 0 bridgehead atoms. The van der Waals surface area contributed by atoms with Gasteiger partial charge in [0.05, 0.1) is 5.69 Å². The highest BCUT2D eigenvalue weighted by Gasteiger charge is 2.19. The standard InChI is InChI=1S/C8H6ClNO2S2/c9-14(11,12)8-7(10)5-3-1-2-4-6(5)13-8/h1-4H,10H2. The number of anilines is 1. The highest BCUT2D eigenvalue weighted by Crippen LogP contribution is 2.38. The second-order valence-corrected chi connectivity index (χ2v) is 6.55. The number of halogens is 1. The van der Waals surface area contributed by atoms with Crippen LogP contribution in [0.3, 0.4) is 0 Å². The molecule has 0 atom stereocenters. The Morgan fingerprint density at radius 1 is 1.29 bits per heavy atom. The summed E-state index contributed by atoms with van der Waals surface area (Å²) in [5, 5.41) is 0.733. The second-order valence-electron chi connectivity index (χ2n) is 2.74. The number of hydrogen-bond donors (Lipinski definition) is 1. The Hall–Kier alpha value is -0.780. The summed E-state index contributed by atoms with van der Waals surface area (Å²) in [7, 11) is 1.51. The molecule has 0 amide bonds. The van der Waals surface area contributed by atoms with Crippen LogP contribution in [-0.4, -0.2) is 8.42 Å². The molecule has 0 spiro atoms. The quantitative estimate of drug-likeness (QED) is 0.788. The van der Waals surface area contributed by atoms with E-state index in [9.17, 15) is 8.42 Å². The molecule has 0 radical (unpaired) electrons. The van der Waals surface area contributed by atoms with Crippen molar-refractivity contribution in [2.45, 2.75) is 4.21 Å². The molecule has 74 valence electrons. The Morgan fingerprint density at radius 3 is 2.50 bits per heavy atom. The summed E-state index contributed by atoms with van der Waals surface area (Å²) in [6, 6.07) is 7.20. The highest BCUT2D eigenvalue weighted by molar-refractivity contribution is 8.15. The van der Waals surface area contributed by atoms with Crippen molar-refractivity contribution in [2.75, 3.05) is 5.73 Å². The van der Waals surface area contributed by atoms with Gasteiger partial charge in [-0.25, -0.2) is 8.42 Å². The first-order valence-electron chi connectivity index (χ1n) is 3.72. The van der Waals surface area contributed by atoms with Crippen LogP contribution in [0.25, 0.3) is 10.1 Å². The van der Waals surface area contributed by atoms with E-state index in [-0.39, 0.29) is 9.90 Å². The van der Waals surface area contributed by atoms with E-state index in [1.165, 1.54) is 0 Å². The molecule has 1 aromatic carbocycles. The van der Waals surface area contributed by atoms with Crippen LogP contribution in [0.5, 0.6) is 0 Å². The number of fused-ring (bicyclic) bond motifs is 1. The van der Waals surface area contributed by atoms with Crippen molar-refractivity contribution in [3.63, 3.8) is 0 Å². The topological polar surface area (TPSA) is 60.2 Å². The van der Waals surface area contributed by atoms with Crippen LogP contribution in [0.2, 0.25) is 0 Å². The van der Waals surface area contributed by atoms with E-state index in [0.29, 0.717) is 0 Å². The molecule has 0 saturated carbocycles. The fourth-order valence-electron chi connectivity index (χ4n) is 1.22. The summed E-state index contributed by atoms with van der Waals surface area (Å²) in [5.74, 6) is 0. The van der Waals surface area contributed by atoms with Crippen molar-refractivity contribution < 1.29 is 8.42 Å². The fraction of sp³-hybridized carbons (Fsp3) is 0. The largest absolute Gasteiger partial charge is 0.396 e. The van der Waals surface area contributed by atoms with E-state index in [1.807, 2.05) is 12.1 Å². The predicted octanol–water partition coefficient (Wildman–Crippen LogP) is 2.41. The molecule has 2 N–H and O–H groups in total. The molecule has 0 aliphatic rings. The number of nitrogens with two attached hydrogens (primary N) is 1. The Morgan fingerprint density at radius 2 is 1.93 bits per heavy atom. The van der Waals surface area contributed by atoms with Gasteiger partial charge in [-0.2, -0.15) is 0 Å². The van der Waals surface area contributed by atoms with Crippen LogP contribution < -0.4 is 5.73 Å². The zero-order valence-electron chi connectivity index (χ0n) is 6.90. The summed E-state index contributed by atoms with van der Waals surface area (Å²) in [5.41, 5.74) is 5.91. The van der Waals surface area contributed by atoms with Crippen molar-refractivity contribution in [1.29, 1.82) is 0 Å². The third-order valence-corrected chi connectivity index (χ3v) is 5.11. The summed E-state index contributed by atoms with van der Waals surface area (Å²) in [6.45, 7) is 0. The van der Waals surface area contributed by atoms with Crippen molar-refractivity contribution in [3.05, 3.63) is 24.3 Å². The summed E-state index contributed by atoms with van der Waals surface area (Å²) in [6.07, 6.45) is 0. The van der Waals surface area contributed by atoms with Gasteiger partial charge in [-0.05, 0) is 6.07 Å². The van der Waals surface area contributed by atoms with Gasteiger partial charge in [0.15, 0.2) is 4.21 Å². The number of rotatable bonds is 1. The number of nitrogen functional groups attached to an aromatic ring is 1. The van der Waals surface area contributed by atoms with Gasteiger partial charge in [0.2, 0.25) is 0 Å². The number of hydrogen-bond acceptors (Lipinski definition) is 4. The minimum absolute atomic E-state index is 0.0281. The van der Waals surface area contributed by atoms with E-state index in [2.05, 4.69) is 0 Å². The minimum atomic E-state index is -3.73. The van der Waals surface area contributed by atoms with Gasteiger partial charge in [0.1, 0.15) is 0 Å². The average Bonchev–Trinajstić information content (AvgIpc) is 2.44. The smallest absolute Gasteiger partial charge is 0.272 e. The minimum Gasteiger partial charge on any atom is -0.396 e. The average molecular weight is 248 g/mol. The lowest BCUT2D eigenvalue weighted by molar-refractivity contribution is 0.611. The maximum Gasteiger partial charge on any atom is 0.272 e. The van der Waals surface area contributed by atoms with Gasteiger partial charge in [0.25, 0.3) is 9.05 Å². The first-order valence-corrected chi connectivity index (χ1v) is 6.84. The maximum absolute atomic E-state index is 11.1. The van der Waals surface area contributed by atoms with Crippen LogP contribution in [0.15, 0.2) is 28.5 Å². The van der Waals surface area contributed by atoms with Crippen LogP contribution in [-0.2, 0) is 9.05 Å². The second kappa shape index (κ2) is 3.12. The van der Waals surface area contributed by atoms with Crippen LogP contribution in [0.1, 0.15) is 0 Å². The maximum atomic E-state index is 11.1. The summed E-state index contributed by atoms with van der Waals surface area (Å²) < 4.78 is 23.1. The zero-order valence-corrected chi connectivity index (χ0v) is 9.29. The van der Waals surface area contributed by atoms with Gasteiger partial charge in [-0.3, -0.25) is 0 Å². The lowest BCUT2D eigenvalue weighted by Gasteiger charge is -1.92. The Balaban J connectivity index is 2.89. The van der Waals surface area contributed by atoms with Crippen LogP contribution in [0, 0.1) is 0 Å². The number of thiophene rings is 1. The molecule has 0 unspecified atom stereocenters. The molecule has 0 aliphatic heterocycles. The molecule has 1 heterocycles. The molecule has 3 nitrogen and oxygen atoms in total. The van der Waals surface area contributed by atoms with Gasteiger partial charge in [-0.15, -0.1) is 11.3 Å². The van der Waals surface area contributed by atoms with E-state index in [4.69, 9.17) is 16.4 Å². The molecule has 2 rings (SSSR count). The van der Waals surface area contributed by atoms with E-state index in [1.54, 1.807) is 12.1 Å². The first-order chi connectivity index (χ1) is 6.50. The highest BCUT2D eigenvalue weighted by atomic mass is 35.7. The van der Waals surface area contributed by atoms with Crippen molar-refractivity contribution in [1.82, 2.24) is 0 Å². The lowest BCUT2D eigenvalue weighted by atomic mass is 10.2. The third kappa shape index (κ3) is 1.47. The monoisotopic (exact) mass is 247 g/mol. The number of benzene rings is 1. The molecular weight excluding hydrogens is 242 g/mol. The lowest BCUT2D eigenvalue weighted by Crippen LogP contribution is -1.92. The SMILES string of the molecule is Nc1c(S(=O)(=O)Cl)sc2ccccc12. The summed E-state index contributed by atoms with van der Waals surface area (Å²) >= 11 is 1.09. The normalized spacial score (nSPS) is 12.1. The molecule has 0 aliphatic carbocycles.